The lowest BCUT2D eigenvalue weighted by molar-refractivity contribution is -0.139. The number of fused-ring (bicyclic) bond motifs is 1. The minimum absolute atomic E-state index is 0.179. The third-order valence-electron chi connectivity index (χ3n) is 6.00. The van der Waals surface area contributed by atoms with Crippen LogP contribution in [0.4, 0.5) is 0 Å². The molecule has 39 heavy (non-hydrogen) atoms. The van der Waals surface area contributed by atoms with Crippen molar-refractivity contribution in [2.45, 2.75) is 19.9 Å². The summed E-state index contributed by atoms with van der Waals surface area (Å²) in [7, 11) is 0. The number of carbonyl (C=O) groups excluding carboxylic acids is 2. The van der Waals surface area contributed by atoms with Crippen molar-refractivity contribution in [3.63, 3.8) is 0 Å². The molecule has 0 spiro atoms. The molecule has 0 bridgehead atoms. The van der Waals surface area contributed by atoms with Crippen molar-refractivity contribution in [2.75, 3.05) is 6.61 Å². The van der Waals surface area contributed by atoms with E-state index in [1.807, 2.05) is 60.7 Å². The molecule has 4 aromatic rings. The van der Waals surface area contributed by atoms with Crippen LogP contribution in [0.3, 0.4) is 0 Å². The van der Waals surface area contributed by atoms with Gasteiger partial charge in [0.1, 0.15) is 5.75 Å². The van der Waals surface area contributed by atoms with Crippen LogP contribution in [-0.4, -0.2) is 23.1 Å². The van der Waals surface area contributed by atoms with E-state index in [1.54, 1.807) is 31.2 Å². The summed E-state index contributed by atoms with van der Waals surface area (Å²) in [5.74, 6) is -0.676. The van der Waals surface area contributed by atoms with Crippen molar-refractivity contribution < 1.29 is 19.1 Å². The number of hydrogen-bond donors (Lipinski definition) is 0. The van der Waals surface area contributed by atoms with Gasteiger partial charge in [0.15, 0.2) is 4.80 Å². The third kappa shape index (κ3) is 5.41. The molecule has 0 fully saturated rings. The van der Waals surface area contributed by atoms with Gasteiger partial charge in [0.2, 0.25) is 0 Å². The molecule has 3 aromatic carbocycles. The molecule has 196 valence electrons. The van der Waals surface area contributed by atoms with Gasteiger partial charge in [-0.1, -0.05) is 87.9 Å². The second-order valence-electron chi connectivity index (χ2n) is 8.62. The molecule has 1 aliphatic heterocycles. The molecule has 7 nitrogen and oxygen atoms in total. The number of thiazole rings is 1. The Labute approximate surface area is 236 Å². The predicted molar refractivity (Wildman–Crippen MR) is 153 cm³/mol. The summed E-state index contributed by atoms with van der Waals surface area (Å²) < 4.78 is 13.5. The fourth-order valence-corrected chi connectivity index (χ4v) is 5.78. The van der Waals surface area contributed by atoms with Crippen LogP contribution < -0.4 is 19.6 Å². The van der Waals surface area contributed by atoms with E-state index >= 15 is 0 Å². The van der Waals surface area contributed by atoms with Gasteiger partial charge in [-0.15, -0.1) is 0 Å². The average Bonchev–Trinajstić information content (AvgIpc) is 3.24. The maximum Gasteiger partial charge on any atom is 0.338 e. The first-order valence-electron chi connectivity index (χ1n) is 12.2. The van der Waals surface area contributed by atoms with Crippen molar-refractivity contribution >= 4 is 51.0 Å². The average molecular weight is 603 g/mol. The minimum Gasteiger partial charge on any atom is -0.463 e. The van der Waals surface area contributed by atoms with E-state index in [-0.39, 0.29) is 17.7 Å². The van der Waals surface area contributed by atoms with Crippen molar-refractivity contribution in [1.82, 2.24) is 4.57 Å². The third-order valence-corrected chi connectivity index (χ3v) is 7.48. The molecule has 1 aromatic heterocycles. The van der Waals surface area contributed by atoms with E-state index in [2.05, 4.69) is 15.9 Å². The maximum absolute atomic E-state index is 14.0. The number of esters is 2. The van der Waals surface area contributed by atoms with Crippen LogP contribution in [-0.2, 0) is 14.3 Å². The Balaban J connectivity index is 1.81. The molecule has 0 N–H and O–H groups in total. The molecular formula is C30H23BrN2O5S. The summed E-state index contributed by atoms with van der Waals surface area (Å²) in [6.07, 6.45) is 1.67. The standard InChI is InChI=1S/C30H23BrN2O5S/c1-3-37-29(36)25-26(19-10-6-4-7-11-19)32-30-33(27(25)20-12-8-5-9-13-20)28(35)24(39-30)17-21-16-22(31)14-15-23(21)38-18(2)34/h4-17,27H,3H2,1-2H3/b24-17-/t27-/m1/s1. The van der Waals surface area contributed by atoms with Gasteiger partial charge >= 0.3 is 11.9 Å². The smallest absolute Gasteiger partial charge is 0.338 e. The highest BCUT2D eigenvalue weighted by molar-refractivity contribution is 9.10. The largest absolute Gasteiger partial charge is 0.463 e. The summed E-state index contributed by atoms with van der Waals surface area (Å²) in [4.78, 5) is 44.4. The SMILES string of the molecule is CCOC(=O)C1=C(c2ccccc2)N=c2s/c(=C\c3cc(Br)ccc3OC(C)=O)c(=O)n2[C@@H]1c1ccccc1. The summed E-state index contributed by atoms with van der Waals surface area (Å²) >= 11 is 4.65. The quantitative estimate of drug-likeness (QED) is 0.237. The Morgan fingerprint density at radius 1 is 1.05 bits per heavy atom. The van der Waals surface area contributed by atoms with Crippen molar-refractivity contribution in [3.05, 3.63) is 125 Å². The molecule has 0 unspecified atom stereocenters. The lowest BCUT2D eigenvalue weighted by Crippen LogP contribution is -2.40. The Hall–Kier alpha value is -4.08. The zero-order valence-corrected chi connectivity index (χ0v) is 23.5. The second kappa shape index (κ2) is 11.3. The van der Waals surface area contributed by atoms with E-state index in [4.69, 9.17) is 14.5 Å². The molecule has 1 aliphatic rings. The van der Waals surface area contributed by atoms with Crippen molar-refractivity contribution in [1.29, 1.82) is 0 Å². The summed E-state index contributed by atoms with van der Waals surface area (Å²) in [6.45, 7) is 3.24. The topological polar surface area (TPSA) is 87.0 Å². The van der Waals surface area contributed by atoms with E-state index in [9.17, 15) is 14.4 Å². The highest BCUT2D eigenvalue weighted by Gasteiger charge is 2.35. The van der Waals surface area contributed by atoms with Crippen LogP contribution in [0.5, 0.6) is 5.75 Å². The molecule has 5 rings (SSSR count). The van der Waals surface area contributed by atoms with Crippen LogP contribution in [0.15, 0.2) is 98.7 Å². The van der Waals surface area contributed by atoms with Gasteiger partial charge < -0.3 is 9.47 Å². The van der Waals surface area contributed by atoms with Gasteiger partial charge in [0.05, 0.1) is 28.5 Å². The predicted octanol–water partition coefficient (Wildman–Crippen LogP) is 4.62. The summed E-state index contributed by atoms with van der Waals surface area (Å²) in [6, 6.07) is 23.2. The van der Waals surface area contributed by atoms with Crippen molar-refractivity contribution in [2.24, 2.45) is 4.99 Å². The zero-order chi connectivity index (χ0) is 27.5. The summed E-state index contributed by atoms with van der Waals surface area (Å²) in [5, 5.41) is 0. The number of benzene rings is 3. The van der Waals surface area contributed by atoms with Crippen LogP contribution in [0.1, 0.15) is 36.6 Å². The lowest BCUT2D eigenvalue weighted by atomic mass is 9.93. The monoisotopic (exact) mass is 602 g/mol. The molecular weight excluding hydrogens is 580 g/mol. The molecule has 0 saturated heterocycles. The van der Waals surface area contributed by atoms with E-state index in [1.165, 1.54) is 22.8 Å². The van der Waals surface area contributed by atoms with Gasteiger partial charge in [-0.05, 0) is 36.8 Å². The first-order chi connectivity index (χ1) is 18.9. The first-order valence-corrected chi connectivity index (χ1v) is 13.8. The number of aromatic nitrogens is 1. The summed E-state index contributed by atoms with van der Waals surface area (Å²) in [5.41, 5.74) is 2.46. The Morgan fingerprint density at radius 3 is 2.41 bits per heavy atom. The zero-order valence-electron chi connectivity index (χ0n) is 21.1. The minimum atomic E-state index is -0.755. The van der Waals surface area contributed by atoms with Gasteiger partial charge in [0, 0.05) is 22.5 Å². The molecule has 0 aliphatic carbocycles. The molecule has 2 heterocycles. The lowest BCUT2D eigenvalue weighted by Gasteiger charge is -2.25. The van der Waals surface area contributed by atoms with Gasteiger partial charge in [0.25, 0.3) is 5.56 Å². The van der Waals surface area contributed by atoms with Gasteiger partial charge in [-0.3, -0.25) is 14.2 Å². The van der Waals surface area contributed by atoms with Gasteiger partial charge in [-0.2, -0.15) is 0 Å². The van der Waals surface area contributed by atoms with E-state index < -0.39 is 18.0 Å². The highest BCUT2D eigenvalue weighted by atomic mass is 79.9. The van der Waals surface area contributed by atoms with Crippen LogP contribution in [0.2, 0.25) is 0 Å². The number of nitrogens with zero attached hydrogens (tertiary/aromatic N) is 2. The molecule has 0 saturated carbocycles. The van der Waals surface area contributed by atoms with Crippen LogP contribution in [0.25, 0.3) is 11.8 Å². The van der Waals surface area contributed by atoms with E-state index in [0.717, 1.165) is 15.6 Å². The number of hydrogen-bond acceptors (Lipinski definition) is 7. The van der Waals surface area contributed by atoms with Crippen molar-refractivity contribution in [3.8, 4) is 5.75 Å². The van der Waals surface area contributed by atoms with Gasteiger partial charge in [-0.25, -0.2) is 9.79 Å². The molecule has 9 heteroatoms. The molecule has 0 radical (unpaired) electrons. The Bertz CT molecular complexity index is 1780. The second-order valence-corrected chi connectivity index (χ2v) is 10.5. The number of halogens is 1. The van der Waals surface area contributed by atoms with E-state index in [0.29, 0.717) is 26.3 Å². The van der Waals surface area contributed by atoms with Crippen LogP contribution in [0, 0.1) is 0 Å². The number of ether oxygens (including phenoxy) is 2. The first kappa shape index (κ1) is 26.5. The number of rotatable bonds is 6. The Kier molecular flexibility index (Phi) is 7.72. The molecule has 0 amide bonds. The fraction of sp³-hybridized carbons (Fsp3) is 0.133. The number of carbonyl (C=O) groups is 2. The molecule has 1 atom stereocenters. The normalized spacial score (nSPS) is 14.9. The maximum atomic E-state index is 14.0. The fourth-order valence-electron chi connectivity index (χ4n) is 4.41. The van der Waals surface area contributed by atoms with Crippen LogP contribution >= 0.6 is 27.3 Å². The highest BCUT2D eigenvalue weighted by Crippen LogP contribution is 2.35. The Morgan fingerprint density at radius 2 is 1.74 bits per heavy atom.